The van der Waals surface area contributed by atoms with Gasteiger partial charge in [0.1, 0.15) is 17.6 Å². The molecule has 12 heteroatoms. The molecule has 4 rings (SSSR count). The predicted molar refractivity (Wildman–Crippen MR) is 125 cm³/mol. The normalized spacial score (nSPS) is 22.7. The predicted octanol–water partition coefficient (Wildman–Crippen LogP) is 3.75. The number of nitrogens with zero attached hydrogens (tertiary/aromatic N) is 3. The first-order chi connectivity index (χ1) is 16.5. The zero-order chi connectivity index (χ0) is 25.5. The molecule has 2 amide bonds. The van der Waals surface area contributed by atoms with Gasteiger partial charge in [0, 0.05) is 24.3 Å². The van der Waals surface area contributed by atoms with Gasteiger partial charge >= 0.3 is 6.18 Å². The van der Waals surface area contributed by atoms with Crippen LogP contribution < -0.4 is 10.6 Å². The summed E-state index contributed by atoms with van der Waals surface area (Å²) in [5.74, 6) is -0.704. The minimum absolute atomic E-state index is 0.0371. The summed E-state index contributed by atoms with van der Waals surface area (Å²) in [5, 5.41) is 14.7. The second-order valence-electron chi connectivity index (χ2n) is 9.10. The van der Waals surface area contributed by atoms with Crippen LogP contribution in [0.15, 0.2) is 12.3 Å². The number of rotatable bonds is 7. The quantitative estimate of drug-likeness (QED) is 0.523. The number of nitrogens with one attached hydrogen (secondary N) is 2. The lowest BCUT2D eigenvalue weighted by Crippen LogP contribution is -2.35. The fourth-order valence-corrected chi connectivity index (χ4v) is 5.18. The molecule has 1 aliphatic carbocycles. The average molecular weight is 512 g/mol. The van der Waals surface area contributed by atoms with Crippen LogP contribution in [0.4, 0.5) is 19.0 Å². The van der Waals surface area contributed by atoms with Crippen LogP contribution in [0, 0.1) is 6.92 Å². The van der Waals surface area contributed by atoms with E-state index in [1.54, 1.807) is 11.8 Å². The molecular formula is C23H28F3N5O3S. The van der Waals surface area contributed by atoms with Crippen molar-refractivity contribution in [3.63, 3.8) is 0 Å². The third kappa shape index (κ3) is 5.43. The molecule has 0 spiro atoms. The molecule has 0 unspecified atom stereocenters. The van der Waals surface area contributed by atoms with Gasteiger partial charge < -0.3 is 20.6 Å². The summed E-state index contributed by atoms with van der Waals surface area (Å²) < 4.78 is 39.5. The molecule has 0 aromatic carbocycles. The number of hydrogen-bond donors (Lipinski definition) is 3. The van der Waals surface area contributed by atoms with E-state index in [0.717, 1.165) is 24.2 Å². The Kier molecular flexibility index (Phi) is 7.05. The van der Waals surface area contributed by atoms with E-state index < -0.39 is 24.2 Å². The Morgan fingerprint density at radius 3 is 2.63 bits per heavy atom. The molecule has 2 aromatic heterocycles. The Labute approximate surface area is 205 Å². The molecule has 2 aromatic rings. The minimum Gasteiger partial charge on any atom is -0.391 e. The van der Waals surface area contributed by atoms with Crippen LogP contribution in [0.1, 0.15) is 65.4 Å². The topological polar surface area (TPSA) is 107 Å². The second kappa shape index (κ2) is 9.73. The molecule has 35 heavy (non-hydrogen) atoms. The number of carbonyl (C=O) groups excluding carboxylic acids is 2. The number of anilines is 1. The van der Waals surface area contributed by atoms with Crippen molar-refractivity contribution in [1.82, 2.24) is 20.2 Å². The number of alkyl halides is 3. The van der Waals surface area contributed by atoms with Crippen LogP contribution in [0.2, 0.25) is 0 Å². The molecule has 0 bridgehead atoms. The molecule has 1 saturated carbocycles. The van der Waals surface area contributed by atoms with E-state index in [-0.39, 0.29) is 40.9 Å². The number of thiazole rings is 1. The van der Waals surface area contributed by atoms with Crippen LogP contribution in [0.5, 0.6) is 0 Å². The van der Waals surface area contributed by atoms with Gasteiger partial charge in [-0.2, -0.15) is 13.2 Å². The van der Waals surface area contributed by atoms with Crippen LogP contribution in [0.3, 0.4) is 0 Å². The summed E-state index contributed by atoms with van der Waals surface area (Å²) >= 11 is 1.03. The second-order valence-corrected chi connectivity index (χ2v) is 10.1. The highest BCUT2D eigenvalue weighted by Gasteiger charge is 2.39. The lowest BCUT2D eigenvalue weighted by atomic mass is 10.1. The van der Waals surface area contributed by atoms with Crippen LogP contribution in [-0.4, -0.2) is 68.7 Å². The Balaban J connectivity index is 1.67. The molecule has 2 aliphatic rings. The van der Waals surface area contributed by atoms with Crippen molar-refractivity contribution in [2.24, 2.45) is 0 Å². The Hall–Kier alpha value is -2.73. The number of aliphatic hydroxyl groups excluding tert-OH is 1. The largest absolute Gasteiger partial charge is 0.408 e. The maximum atomic E-state index is 13.4. The standard InChI is InChI=1S/C23H28F3N5O3S/c1-4-16(23(24,25)26)29-17-8-11(2)13(10-27-17)19-18(22(34)31-7-5-6-12(31)3)30-21(35-19)20(33)28-14-9-15(14)32/h8,10,12,14-16,32H,4-7,9H2,1-3H3,(H,27,29)(H,28,33)/t12-,14-,15+,16-/m0/s1. The molecule has 1 aliphatic heterocycles. The Bertz CT molecular complexity index is 1120. The van der Waals surface area contributed by atoms with E-state index in [2.05, 4.69) is 20.6 Å². The van der Waals surface area contributed by atoms with E-state index >= 15 is 0 Å². The number of halogens is 3. The summed E-state index contributed by atoms with van der Waals surface area (Å²) in [6.07, 6.45) is -1.53. The van der Waals surface area contributed by atoms with E-state index in [9.17, 15) is 27.9 Å². The van der Waals surface area contributed by atoms with Gasteiger partial charge in [-0.05, 0) is 51.2 Å². The van der Waals surface area contributed by atoms with Gasteiger partial charge in [-0.3, -0.25) is 9.59 Å². The molecule has 3 heterocycles. The smallest absolute Gasteiger partial charge is 0.391 e. The maximum Gasteiger partial charge on any atom is 0.408 e. The molecule has 3 N–H and O–H groups in total. The Morgan fingerprint density at radius 2 is 2.09 bits per heavy atom. The van der Waals surface area contributed by atoms with Crippen molar-refractivity contribution in [3.05, 3.63) is 28.5 Å². The summed E-state index contributed by atoms with van der Waals surface area (Å²) in [4.78, 5) is 36.8. The molecule has 1 saturated heterocycles. The van der Waals surface area contributed by atoms with E-state index in [1.807, 2.05) is 6.92 Å². The molecular weight excluding hydrogens is 483 g/mol. The maximum absolute atomic E-state index is 13.4. The van der Waals surface area contributed by atoms with Gasteiger partial charge in [-0.15, -0.1) is 11.3 Å². The van der Waals surface area contributed by atoms with E-state index in [1.165, 1.54) is 19.2 Å². The summed E-state index contributed by atoms with van der Waals surface area (Å²) in [6.45, 7) is 5.69. The summed E-state index contributed by atoms with van der Waals surface area (Å²) in [6, 6.07) is -0.529. The highest BCUT2D eigenvalue weighted by molar-refractivity contribution is 7.17. The Morgan fingerprint density at radius 1 is 1.37 bits per heavy atom. The molecule has 0 radical (unpaired) electrons. The van der Waals surface area contributed by atoms with Gasteiger partial charge in [0.25, 0.3) is 11.8 Å². The molecule has 2 fully saturated rings. The monoisotopic (exact) mass is 511 g/mol. The minimum atomic E-state index is -4.41. The first-order valence-corrected chi connectivity index (χ1v) is 12.4. The van der Waals surface area contributed by atoms with Gasteiger partial charge in [0.2, 0.25) is 0 Å². The van der Waals surface area contributed by atoms with Gasteiger partial charge in [0.15, 0.2) is 5.01 Å². The summed E-state index contributed by atoms with van der Waals surface area (Å²) in [5.41, 5.74) is 1.24. The molecule has 4 atom stereocenters. The number of aryl methyl sites for hydroxylation is 1. The first-order valence-electron chi connectivity index (χ1n) is 11.6. The van der Waals surface area contributed by atoms with Gasteiger partial charge in [-0.25, -0.2) is 9.97 Å². The lowest BCUT2D eigenvalue weighted by Gasteiger charge is -2.22. The van der Waals surface area contributed by atoms with Crippen molar-refractivity contribution >= 4 is 29.0 Å². The molecule has 190 valence electrons. The first kappa shape index (κ1) is 25.4. The summed E-state index contributed by atoms with van der Waals surface area (Å²) in [7, 11) is 0. The van der Waals surface area contributed by atoms with Crippen molar-refractivity contribution in [1.29, 1.82) is 0 Å². The van der Waals surface area contributed by atoms with Crippen molar-refractivity contribution < 1.29 is 27.9 Å². The number of aliphatic hydroxyl groups is 1. The fraction of sp³-hybridized carbons (Fsp3) is 0.565. The van der Waals surface area contributed by atoms with Crippen molar-refractivity contribution in [3.8, 4) is 10.4 Å². The lowest BCUT2D eigenvalue weighted by molar-refractivity contribution is -0.142. The van der Waals surface area contributed by atoms with Gasteiger partial charge in [0.05, 0.1) is 17.0 Å². The van der Waals surface area contributed by atoms with Crippen LogP contribution in [0.25, 0.3) is 10.4 Å². The SMILES string of the molecule is CC[C@H](Nc1cc(C)c(-c2sc(C(=O)N[C@H]3C[C@H]3O)nc2C(=O)N2CCC[C@@H]2C)cn1)C(F)(F)F. The van der Waals surface area contributed by atoms with E-state index in [4.69, 9.17) is 0 Å². The number of aromatic nitrogens is 2. The molecule has 8 nitrogen and oxygen atoms in total. The fourth-order valence-electron chi connectivity index (χ4n) is 4.15. The highest BCUT2D eigenvalue weighted by atomic mass is 32.1. The number of amides is 2. The zero-order valence-electron chi connectivity index (χ0n) is 19.6. The van der Waals surface area contributed by atoms with Crippen LogP contribution in [-0.2, 0) is 0 Å². The zero-order valence-corrected chi connectivity index (χ0v) is 20.5. The number of likely N-dealkylation sites (tertiary alicyclic amines) is 1. The van der Waals surface area contributed by atoms with Crippen molar-refractivity contribution in [2.45, 2.75) is 76.9 Å². The van der Waals surface area contributed by atoms with E-state index in [0.29, 0.717) is 29.0 Å². The van der Waals surface area contributed by atoms with Crippen LogP contribution >= 0.6 is 11.3 Å². The number of pyridine rings is 1. The highest BCUT2D eigenvalue weighted by Crippen LogP contribution is 2.36. The van der Waals surface area contributed by atoms with Gasteiger partial charge in [-0.1, -0.05) is 6.92 Å². The third-order valence-corrected chi connectivity index (χ3v) is 7.48. The average Bonchev–Trinajstić information content (AvgIpc) is 3.16. The number of carbonyl (C=O) groups is 2. The third-order valence-electron chi connectivity index (χ3n) is 6.39. The van der Waals surface area contributed by atoms with Crippen molar-refractivity contribution in [2.75, 3.05) is 11.9 Å². The number of hydrogen-bond acceptors (Lipinski definition) is 7.